The van der Waals surface area contributed by atoms with Gasteiger partial charge in [-0.1, -0.05) is 12.1 Å². The van der Waals surface area contributed by atoms with E-state index in [1.54, 1.807) is 19.1 Å². The van der Waals surface area contributed by atoms with Crippen molar-refractivity contribution in [3.8, 4) is 5.75 Å². The fraction of sp³-hybridized carbons (Fsp3) is 0.581. The van der Waals surface area contributed by atoms with Crippen LogP contribution in [0.1, 0.15) is 78.8 Å². The number of rotatable bonds is 6. The van der Waals surface area contributed by atoms with Crippen LogP contribution in [0.2, 0.25) is 0 Å². The molecule has 11 nitrogen and oxygen atoms in total. The Balaban J connectivity index is 1.36. The number of aromatic nitrogens is 2. The Morgan fingerprint density at radius 3 is 2.35 bits per heavy atom. The zero-order valence-electron chi connectivity index (χ0n) is 24.9. The minimum Gasteiger partial charge on any atom is -0.501 e. The van der Waals surface area contributed by atoms with Crippen LogP contribution in [0, 0.1) is 18.2 Å². The van der Waals surface area contributed by atoms with Gasteiger partial charge in [-0.25, -0.2) is 9.37 Å². The Morgan fingerprint density at radius 2 is 1.74 bits per heavy atom. The number of benzene rings is 1. The average Bonchev–Trinajstić information content (AvgIpc) is 3.47. The lowest BCUT2D eigenvalue weighted by Gasteiger charge is -2.44. The highest BCUT2D eigenvalue weighted by Gasteiger charge is 2.54. The van der Waals surface area contributed by atoms with Gasteiger partial charge in [0.1, 0.15) is 11.6 Å². The predicted molar refractivity (Wildman–Crippen MR) is 155 cm³/mol. The summed E-state index contributed by atoms with van der Waals surface area (Å²) in [6, 6.07) is 5.54. The highest BCUT2D eigenvalue weighted by atomic mass is 19.1. The number of amides is 3. The van der Waals surface area contributed by atoms with E-state index in [1.165, 1.54) is 55.3 Å². The van der Waals surface area contributed by atoms with Gasteiger partial charge in [-0.05, 0) is 75.5 Å². The van der Waals surface area contributed by atoms with Crippen molar-refractivity contribution in [2.24, 2.45) is 5.41 Å². The van der Waals surface area contributed by atoms with Gasteiger partial charge >= 0.3 is 11.8 Å². The van der Waals surface area contributed by atoms with Gasteiger partial charge in [-0.2, -0.15) is 0 Å². The van der Waals surface area contributed by atoms with Crippen molar-refractivity contribution in [3.05, 3.63) is 57.0 Å². The molecule has 0 unspecified atom stereocenters. The summed E-state index contributed by atoms with van der Waals surface area (Å²) in [5.74, 6) is -3.26. The van der Waals surface area contributed by atoms with Gasteiger partial charge < -0.3 is 20.6 Å². The molecule has 0 atom stereocenters. The van der Waals surface area contributed by atoms with Crippen LogP contribution in [0.25, 0.3) is 0 Å². The van der Waals surface area contributed by atoms with Crippen molar-refractivity contribution in [1.29, 1.82) is 0 Å². The van der Waals surface area contributed by atoms with Crippen molar-refractivity contribution < 1.29 is 23.9 Å². The molecular formula is C31H39FN6O5. The molecule has 1 saturated carbocycles. The summed E-state index contributed by atoms with van der Waals surface area (Å²) < 4.78 is 15.1. The number of fused-ring (bicyclic) bond motifs is 4. The average molecular weight is 595 g/mol. The van der Waals surface area contributed by atoms with E-state index in [2.05, 4.69) is 20.5 Å². The maximum absolute atomic E-state index is 13.8. The zero-order valence-corrected chi connectivity index (χ0v) is 24.9. The molecule has 3 N–H and O–H groups in total. The first-order valence-corrected chi connectivity index (χ1v) is 15.1. The van der Waals surface area contributed by atoms with Gasteiger partial charge in [0.25, 0.3) is 11.5 Å². The van der Waals surface area contributed by atoms with E-state index in [0.29, 0.717) is 55.4 Å². The second-order valence-electron chi connectivity index (χ2n) is 13.2. The lowest BCUT2D eigenvalue weighted by Crippen LogP contribution is -2.54. The number of nitrogens with zero attached hydrogens (tertiary/aromatic N) is 4. The van der Waals surface area contributed by atoms with E-state index in [9.17, 15) is 28.7 Å². The van der Waals surface area contributed by atoms with E-state index in [-0.39, 0.29) is 23.6 Å². The predicted octanol–water partition coefficient (Wildman–Crippen LogP) is 1.93. The smallest absolute Gasteiger partial charge is 0.311 e. The largest absolute Gasteiger partial charge is 0.501 e. The van der Waals surface area contributed by atoms with Crippen LogP contribution in [-0.2, 0) is 28.2 Å². The maximum Gasteiger partial charge on any atom is 0.311 e. The molecule has 43 heavy (non-hydrogen) atoms. The normalized spacial score (nSPS) is 27.4. The molecule has 4 bridgehead atoms. The monoisotopic (exact) mass is 594 g/mol. The van der Waals surface area contributed by atoms with Crippen molar-refractivity contribution in [3.63, 3.8) is 0 Å². The van der Waals surface area contributed by atoms with Gasteiger partial charge in [-0.3, -0.25) is 28.6 Å². The second kappa shape index (κ2) is 10.7. The van der Waals surface area contributed by atoms with E-state index in [0.717, 1.165) is 6.54 Å². The number of carbonyl (C=O) groups excluding carboxylic acids is 3. The molecular weight excluding hydrogens is 555 g/mol. The number of carbonyl (C=O) groups is 3. The number of aromatic hydroxyl groups is 1. The first kappa shape index (κ1) is 29.3. The third-order valence-corrected chi connectivity index (χ3v) is 10.2. The van der Waals surface area contributed by atoms with Gasteiger partial charge in [0.15, 0.2) is 5.69 Å². The zero-order chi connectivity index (χ0) is 30.7. The molecule has 230 valence electrons. The van der Waals surface area contributed by atoms with Crippen molar-refractivity contribution in [1.82, 2.24) is 30.0 Å². The summed E-state index contributed by atoms with van der Waals surface area (Å²) in [6.45, 7) is 2.76. The number of hydrogen-bond acceptors (Lipinski definition) is 7. The van der Waals surface area contributed by atoms with E-state index < -0.39 is 40.3 Å². The van der Waals surface area contributed by atoms with Crippen LogP contribution in [0.4, 0.5) is 4.39 Å². The molecule has 1 aromatic heterocycles. The molecule has 0 radical (unpaired) electrons. The lowest BCUT2D eigenvalue weighted by molar-refractivity contribution is -0.145. The number of likely N-dealkylation sites (N-methyl/N-ethyl adjacent to an activating group) is 1. The lowest BCUT2D eigenvalue weighted by atomic mass is 9.68. The molecule has 3 amide bonds. The Labute approximate surface area is 249 Å². The summed E-state index contributed by atoms with van der Waals surface area (Å²) in [7, 11) is 2.98. The van der Waals surface area contributed by atoms with Crippen LogP contribution in [0.5, 0.6) is 5.75 Å². The molecule has 2 saturated heterocycles. The number of nitrogens with one attached hydrogen (secondary N) is 2. The van der Waals surface area contributed by atoms with Gasteiger partial charge in [0.2, 0.25) is 5.75 Å². The van der Waals surface area contributed by atoms with Crippen LogP contribution in [0.3, 0.4) is 0 Å². The SMILES string of the molecule is Cc1cc(CNC(=O)c2nc3n(c(=O)c2O)CC2(CN4C5CCC4CC5)CCC3(NC(=O)C(=O)N(C)C)CC2)ccc1F. The van der Waals surface area contributed by atoms with Gasteiger partial charge in [0, 0.05) is 51.2 Å². The van der Waals surface area contributed by atoms with Crippen molar-refractivity contribution >= 4 is 17.7 Å². The Hall–Kier alpha value is -3.80. The summed E-state index contributed by atoms with van der Waals surface area (Å²) in [5, 5.41) is 16.6. The third kappa shape index (κ3) is 5.09. The molecule has 12 heteroatoms. The standard InChI is InChI=1S/C31H39FN6O5/c1-18-14-19(4-9-22(18)32)15-33-25(40)23-24(39)27(42)38-17-30(16-37-20-5-6-21(37)8-7-20)10-12-31(13-11-30,29(38)34-23)35-26(41)28(43)36(2)3/h4,9,14,20-21,39H,5-8,10-13,15-17H2,1-3H3,(H,33,40)(H,35,41). The second-order valence-corrected chi connectivity index (χ2v) is 13.2. The fourth-order valence-corrected chi connectivity index (χ4v) is 7.75. The summed E-state index contributed by atoms with van der Waals surface area (Å²) >= 11 is 0. The molecule has 5 heterocycles. The topological polar surface area (TPSA) is 137 Å². The molecule has 5 aliphatic rings. The van der Waals surface area contributed by atoms with Gasteiger partial charge in [0.05, 0.1) is 5.54 Å². The number of hydrogen-bond donors (Lipinski definition) is 3. The molecule has 0 spiro atoms. The highest BCUT2D eigenvalue weighted by Crippen LogP contribution is 2.51. The van der Waals surface area contributed by atoms with Crippen molar-refractivity contribution in [2.75, 3.05) is 20.6 Å². The first-order chi connectivity index (χ1) is 20.4. The Kier molecular flexibility index (Phi) is 7.30. The highest BCUT2D eigenvalue weighted by molar-refractivity contribution is 6.35. The van der Waals surface area contributed by atoms with E-state index >= 15 is 0 Å². The molecule has 1 aromatic carbocycles. The number of aryl methyl sites for hydroxylation is 1. The molecule has 4 aliphatic heterocycles. The van der Waals surface area contributed by atoms with Crippen LogP contribution >= 0.6 is 0 Å². The maximum atomic E-state index is 13.8. The minimum absolute atomic E-state index is 0.0278. The summed E-state index contributed by atoms with van der Waals surface area (Å²) in [4.78, 5) is 61.2. The fourth-order valence-electron chi connectivity index (χ4n) is 7.75. The molecule has 3 fully saturated rings. The quantitative estimate of drug-likeness (QED) is 0.435. The number of halogens is 1. The molecule has 2 aromatic rings. The minimum atomic E-state index is -1.16. The first-order valence-electron chi connectivity index (χ1n) is 15.1. The third-order valence-electron chi connectivity index (χ3n) is 10.2. The molecule has 7 rings (SSSR count). The van der Waals surface area contributed by atoms with Gasteiger partial charge in [-0.15, -0.1) is 0 Å². The van der Waals surface area contributed by atoms with Crippen LogP contribution in [0.15, 0.2) is 23.0 Å². The van der Waals surface area contributed by atoms with Crippen LogP contribution in [-0.4, -0.2) is 74.9 Å². The van der Waals surface area contributed by atoms with Crippen LogP contribution < -0.4 is 16.2 Å². The summed E-state index contributed by atoms with van der Waals surface area (Å²) in [5.41, 5.74) is -1.57. The van der Waals surface area contributed by atoms with E-state index in [4.69, 9.17) is 0 Å². The Bertz CT molecular complexity index is 1530. The van der Waals surface area contributed by atoms with Crippen molar-refractivity contribution in [2.45, 2.75) is 89.0 Å². The van der Waals surface area contributed by atoms with E-state index in [1.807, 2.05) is 0 Å². The Morgan fingerprint density at radius 1 is 1.09 bits per heavy atom. The molecule has 1 aliphatic carbocycles. The summed E-state index contributed by atoms with van der Waals surface area (Å²) in [6.07, 6.45) is 6.99.